The maximum absolute atomic E-state index is 9.24. The van der Waals surface area contributed by atoms with Gasteiger partial charge in [-0.15, -0.1) is 0 Å². The molecule has 0 fully saturated rings. The van der Waals surface area contributed by atoms with E-state index in [0.717, 1.165) is 11.4 Å². The van der Waals surface area contributed by atoms with E-state index in [1.807, 2.05) is 42.5 Å². The van der Waals surface area contributed by atoms with Gasteiger partial charge in [0.1, 0.15) is 0 Å². The Morgan fingerprint density at radius 1 is 1.21 bits per heavy atom. The van der Waals surface area contributed by atoms with Crippen molar-refractivity contribution in [2.24, 2.45) is 0 Å². The predicted molar refractivity (Wildman–Crippen MR) is 90.4 cm³/mol. The summed E-state index contributed by atoms with van der Waals surface area (Å²) in [5.74, 6) is 0. The Kier molecular flexibility index (Phi) is 4.43. The fourth-order valence-corrected chi connectivity index (χ4v) is 3.91. The minimum atomic E-state index is -1.67. The summed E-state index contributed by atoms with van der Waals surface area (Å²) in [4.78, 5) is 2.11. The predicted octanol–water partition coefficient (Wildman–Crippen LogP) is 4.48. The van der Waals surface area contributed by atoms with Crippen molar-refractivity contribution in [2.75, 3.05) is 10.2 Å². The van der Waals surface area contributed by atoms with Crippen molar-refractivity contribution < 1.29 is 0 Å². The summed E-state index contributed by atoms with van der Waals surface area (Å²) < 4.78 is 2.39. The molecule has 1 unspecified atom stereocenters. The second-order valence-electron chi connectivity index (χ2n) is 4.52. The molecule has 0 radical (unpaired) electrons. The number of anilines is 1. The zero-order valence-electron chi connectivity index (χ0n) is 11.1. The first-order valence-corrected chi connectivity index (χ1v) is 10.4. The Morgan fingerprint density at radius 2 is 1.95 bits per heavy atom. The van der Waals surface area contributed by atoms with E-state index in [1.165, 1.54) is 0 Å². The van der Waals surface area contributed by atoms with Crippen LogP contribution in [0.1, 0.15) is 6.92 Å². The van der Waals surface area contributed by atoms with Crippen LogP contribution < -0.4 is 5.32 Å². The molecule has 19 heavy (non-hydrogen) atoms. The molecule has 0 saturated heterocycles. The van der Waals surface area contributed by atoms with Crippen LogP contribution in [0.25, 0.3) is 0 Å². The van der Waals surface area contributed by atoms with Crippen molar-refractivity contribution >= 4 is 25.5 Å². The van der Waals surface area contributed by atoms with Gasteiger partial charge in [-0.05, 0) is 0 Å². The number of benzene rings is 1. The first-order valence-electron chi connectivity index (χ1n) is 6.04. The van der Waals surface area contributed by atoms with Gasteiger partial charge >= 0.3 is 122 Å². The SMILES string of the molecule is CI(C#N)C1(C)C=CC=CC(Nc2ccccc2)=C1. The molecule has 0 heterocycles. The summed E-state index contributed by atoms with van der Waals surface area (Å²) in [5, 5.41) is 12.6. The van der Waals surface area contributed by atoms with Gasteiger partial charge in [0, 0.05) is 0 Å². The number of nitrogens with one attached hydrogen (secondary N) is 1. The third-order valence-corrected chi connectivity index (χ3v) is 7.93. The van der Waals surface area contributed by atoms with Crippen LogP contribution in [0.3, 0.4) is 0 Å². The summed E-state index contributed by atoms with van der Waals surface area (Å²) in [6.45, 7) is 2.15. The van der Waals surface area contributed by atoms with Gasteiger partial charge in [0.25, 0.3) is 0 Å². The van der Waals surface area contributed by atoms with Gasteiger partial charge in [0.05, 0.1) is 0 Å². The molecule has 2 rings (SSSR count). The molecular weight excluding hydrogens is 347 g/mol. The number of allylic oxidation sites excluding steroid dienone is 5. The van der Waals surface area contributed by atoms with Gasteiger partial charge < -0.3 is 0 Å². The first-order chi connectivity index (χ1) is 9.14. The van der Waals surface area contributed by atoms with Gasteiger partial charge in [-0.2, -0.15) is 0 Å². The van der Waals surface area contributed by atoms with E-state index in [4.69, 9.17) is 0 Å². The van der Waals surface area contributed by atoms with E-state index in [0.29, 0.717) is 0 Å². The van der Waals surface area contributed by atoms with Crippen LogP contribution in [0.5, 0.6) is 0 Å². The summed E-state index contributed by atoms with van der Waals surface area (Å²) in [6, 6.07) is 10.1. The monoisotopic (exact) mass is 364 g/mol. The molecule has 1 aromatic rings. The molecule has 1 aliphatic carbocycles. The van der Waals surface area contributed by atoms with E-state index in [9.17, 15) is 5.26 Å². The Balaban J connectivity index is 2.27. The molecule has 0 spiro atoms. The molecule has 2 nitrogen and oxygen atoms in total. The maximum atomic E-state index is 9.24. The molecule has 1 aromatic carbocycles. The molecule has 1 atom stereocenters. The second-order valence-corrected chi connectivity index (χ2v) is 10.0. The summed E-state index contributed by atoms with van der Waals surface area (Å²) in [7, 11) is 0. The van der Waals surface area contributed by atoms with Crippen LogP contribution in [0.15, 0.2) is 66.4 Å². The topological polar surface area (TPSA) is 35.8 Å². The quantitative estimate of drug-likeness (QED) is 0.634. The van der Waals surface area contributed by atoms with Gasteiger partial charge in [-0.3, -0.25) is 0 Å². The number of para-hydroxylation sites is 1. The van der Waals surface area contributed by atoms with Crippen LogP contribution >= 0.6 is 19.8 Å². The van der Waals surface area contributed by atoms with Crippen molar-refractivity contribution in [1.82, 2.24) is 0 Å². The Bertz CT molecular complexity index is 566. The Hall–Kier alpha value is -1.54. The molecule has 98 valence electrons. The normalized spacial score (nSPS) is 22.2. The number of hydrogen-bond acceptors (Lipinski definition) is 2. The fraction of sp³-hybridized carbons (Fsp3) is 0.188. The molecular formula is C16H17IN2. The van der Waals surface area contributed by atoms with Gasteiger partial charge in [0.2, 0.25) is 0 Å². The summed E-state index contributed by atoms with van der Waals surface area (Å²) in [6.07, 6.45) is 10.5. The van der Waals surface area contributed by atoms with E-state index in [2.05, 4.69) is 39.5 Å². The minimum absolute atomic E-state index is 0.0979. The average Bonchev–Trinajstić information content (AvgIpc) is 2.61. The molecule has 0 saturated carbocycles. The van der Waals surface area contributed by atoms with Crippen molar-refractivity contribution in [2.45, 2.75) is 10.3 Å². The van der Waals surface area contributed by atoms with Crippen LogP contribution in [0.2, 0.25) is 0 Å². The summed E-state index contributed by atoms with van der Waals surface area (Å²) in [5.41, 5.74) is 2.12. The Morgan fingerprint density at radius 3 is 2.63 bits per heavy atom. The zero-order chi connectivity index (χ0) is 13.7. The first kappa shape index (κ1) is 13.9. The molecule has 0 bridgehead atoms. The van der Waals surface area contributed by atoms with Crippen LogP contribution in [-0.4, -0.2) is 8.35 Å². The number of halogens is 1. The number of nitrogens with zero attached hydrogens (tertiary/aromatic N) is 1. The standard InChI is InChI=1S/C16H17IN2/c1-16(17(2)13-18)11-7-6-10-15(12-16)19-14-8-4-3-5-9-14/h3-12,19H,1-2H3. The number of rotatable bonds is 3. The number of nitriles is 1. The van der Waals surface area contributed by atoms with Crippen LogP contribution in [-0.2, 0) is 0 Å². The van der Waals surface area contributed by atoms with Gasteiger partial charge in [-0.25, -0.2) is 0 Å². The third-order valence-electron chi connectivity index (χ3n) is 3.05. The molecule has 0 aromatic heterocycles. The average molecular weight is 364 g/mol. The molecule has 1 aliphatic rings. The zero-order valence-corrected chi connectivity index (χ0v) is 13.3. The van der Waals surface area contributed by atoms with E-state index in [1.54, 1.807) is 0 Å². The molecule has 0 amide bonds. The molecule has 1 N–H and O–H groups in total. The van der Waals surface area contributed by atoms with Crippen LogP contribution in [0.4, 0.5) is 5.69 Å². The van der Waals surface area contributed by atoms with Gasteiger partial charge in [-0.1, -0.05) is 0 Å². The van der Waals surface area contributed by atoms with Crippen molar-refractivity contribution in [3.63, 3.8) is 0 Å². The Labute approximate surface area is 121 Å². The van der Waals surface area contributed by atoms with E-state index >= 15 is 0 Å². The summed E-state index contributed by atoms with van der Waals surface area (Å²) >= 11 is -1.67. The molecule has 3 heteroatoms. The van der Waals surface area contributed by atoms with E-state index < -0.39 is 19.8 Å². The van der Waals surface area contributed by atoms with Crippen molar-refractivity contribution in [3.05, 3.63) is 66.4 Å². The number of hydrogen-bond donors (Lipinski definition) is 1. The fourth-order valence-electron chi connectivity index (χ4n) is 1.84. The molecule has 0 aliphatic heterocycles. The van der Waals surface area contributed by atoms with E-state index in [-0.39, 0.29) is 3.42 Å². The van der Waals surface area contributed by atoms with Gasteiger partial charge in [0.15, 0.2) is 0 Å². The van der Waals surface area contributed by atoms with Crippen molar-refractivity contribution in [3.8, 4) is 4.08 Å². The second kappa shape index (κ2) is 6.07. The van der Waals surface area contributed by atoms with Crippen molar-refractivity contribution in [1.29, 1.82) is 5.26 Å². The number of alkyl halides is 2. The van der Waals surface area contributed by atoms with Crippen LogP contribution in [0, 0.1) is 9.34 Å². The third kappa shape index (κ3) is 3.48.